The minimum Gasteiger partial charge on any atom is -0.493 e. The first-order chi connectivity index (χ1) is 9.67. The Hall–Kier alpha value is -1.46. The molecule has 1 aromatic carbocycles. The third-order valence-corrected chi connectivity index (χ3v) is 3.52. The molecule has 0 saturated carbocycles. The Morgan fingerprint density at radius 2 is 2.25 bits per heavy atom. The lowest BCUT2D eigenvalue weighted by atomic mass is 10.0. The van der Waals surface area contributed by atoms with Gasteiger partial charge in [-0.05, 0) is 12.5 Å². The molecule has 1 fully saturated rings. The highest BCUT2D eigenvalue weighted by molar-refractivity contribution is 5.59. The van der Waals surface area contributed by atoms with Gasteiger partial charge in [-0.3, -0.25) is 0 Å². The third-order valence-electron chi connectivity index (χ3n) is 3.52. The average Bonchev–Trinajstić information content (AvgIpc) is 2.92. The predicted molar refractivity (Wildman–Crippen MR) is 80.3 cm³/mol. The van der Waals surface area contributed by atoms with Crippen molar-refractivity contribution in [1.82, 2.24) is 0 Å². The lowest BCUT2D eigenvalue weighted by Gasteiger charge is -2.26. The molecule has 1 heterocycles. The number of nitrogens with two attached hydrogens (primary N) is 1. The molecule has 0 aliphatic carbocycles. The van der Waals surface area contributed by atoms with Crippen LogP contribution in [0.25, 0.3) is 0 Å². The van der Waals surface area contributed by atoms with E-state index in [1.54, 1.807) is 7.11 Å². The van der Waals surface area contributed by atoms with Crippen LogP contribution in [0.4, 0.5) is 11.4 Å². The number of hydrogen-bond donors (Lipinski definition) is 2. The molecule has 0 spiro atoms. The van der Waals surface area contributed by atoms with E-state index in [9.17, 15) is 0 Å². The van der Waals surface area contributed by atoms with Gasteiger partial charge in [-0.25, -0.2) is 0 Å². The summed E-state index contributed by atoms with van der Waals surface area (Å²) in [5, 5.41) is 3.37. The molecule has 1 saturated heterocycles. The maximum absolute atomic E-state index is 5.90. The Morgan fingerprint density at radius 1 is 1.40 bits per heavy atom. The van der Waals surface area contributed by atoms with Crippen LogP contribution in [0.2, 0.25) is 0 Å². The summed E-state index contributed by atoms with van der Waals surface area (Å²) in [5.74, 6) is 0.795. The molecule has 3 N–H and O–H groups in total. The summed E-state index contributed by atoms with van der Waals surface area (Å²) in [6, 6.07) is 5.70. The first-order valence-electron chi connectivity index (χ1n) is 7.07. The molecule has 2 rings (SSSR count). The molecule has 1 aliphatic heterocycles. The second kappa shape index (κ2) is 6.81. The van der Waals surface area contributed by atoms with Crippen molar-refractivity contribution in [2.45, 2.75) is 25.4 Å². The molecule has 1 aliphatic rings. The largest absolute Gasteiger partial charge is 0.493 e. The van der Waals surface area contributed by atoms with E-state index in [1.807, 2.05) is 18.2 Å². The molecule has 0 aromatic heterocycles. The number of benzene rings is 1. The predicted octanol–water partition coefficient (Wildman–Crippen LogP) is 2.28. The van der Waals surface area contributed by atoms with Gasteiger partial charge in [0.05, 0.1) is 13.2 Å². The fraction of sp³-hybridized carbons (Fsp3) is 0.600. The summed E-state index contributed by atoms with van der Waals surface area (Å²) in [6.45, 7) is 4.84. The highest BCUT2D eigenvalue weighted by atomic mass is 16.5. The van der Waals surface area contributed by atoms with Crippen LogP contribution >= 0.6 is 0 Å². The monoisotopic (exact) mass is 280 g/mol. The van der Waals surface area contributed by atoms with Crippen LogP contribution in [-0.2, 0) is 9.47 Å². The van der Waals surface area contributed by atoms with Crippen molar-refractivity contribution in [3.05, 3.63) is 18.2 Å². The summed E-state index contributed by atoms with van der Waals surface area (Å²) in [6.07, 6.45) is 1.87. The third kappa shape index (κ3) is 3.77. The zero-order valence-electron chi connectivity index (χ0n) is 12.3. The van der Waals surface area contributed by atoms with Gasteiger partial charge in [0.25, 0.3) is 0 Å². The van der Waals surface area contributed by atoms with Crippen molar-refractivity contribution >= 4 is 11.4 Å². The van der Waals surface area contributed by atoms with Crippen molar-refractivity contribution in [3.63, 3.8) is 0 Å². The number of rotatable bonds is 7. The summed E-state index contributed by atoms with van der Waals surface area (Å²) in [7, 11) is 1.73. The molecule has 5 nitrogen and oxygen atoms in total. The second-order valence-electron chi connectivity index (χ2n) is 5.18. The van der Waals surface area contributed by atoms with Gasteiger partial charge in [-0.15, -0.1) is 0 Å². The van der Waals surface area contributed by atoms with E-state index in [0.717, 1.165) is 30.9 Å². The minimum atomic E-state index is -0.241. The number of anilines is 2. The second-order valence-corrected chi connectivity index (χ2v) is 5.18. The summed E-state index contributed by atoms with van der Waals surface area (Å²) in [4.78, 5) is 0. The number of methoxy groups -OCH3 is 1. The molecule has 1 aromatic rings. The smallest absolute Gasteiger partial charge is 0.123 e. The van der Waals surface area contributed by atoms with Gasteiger partial charge >= 0.3 is 0 Å². The Kier molecular flexibility index (Phi) is 5.09. The van der Waals surface area contributed by atoms with Gasteiger partial charge in [-0.1, -0.05) is 6.92 Å². The van der Waals surface area contributed by atoms with Crippen LogP contribution < -0.4 is 15.8 Å². The van der Waals surface area contributed by atoms with E-state index >= 15 is 0 Å². The zero-order valence-corrected chi connectivity index (χ0v) is 12.3. The lowest BCUT2D eigenvalue weighted by molar-refractivity contribution is -0.00620. The molecule has 20 heavy (non-hydrogen) atoms. The van der Waals surface area contributed by atoms with Crippen molar-refractivity contribution < 1.29 is 14.2 Å². The van der Waals surface area contributed by atoms with Gasteiger partial charge in [0.2, 0.25) is 0 Å². The number of hydrogen-bond acceptors (Lipinski definition) is 5. The molecule has 1 atom stereocenters. The van der Waals surface area contributed by atoms with E-state index in [-0.39, 0.29) is 5.60 Å². The normalized spacial score (nSPS) is 21.9. The summed E-state index contributed by atoms with van der Waals surface area (Å²) >= 11 is 0. The highest BCUT2D eigenvalue weighted by Gasteiger charge is 2.34. The highest BCUT2D eigenvalue weighted by Crippen LogP contribution is 2.26. The Labute approximate surface area is 120 Å². The van der Waals surface area contributed by atoms with Crippen LogP contribution in [-0.4, -0.2) is 39.1 Å². The van der Waals surface area contributed by atoms with Crippen molar-refractivity contribution in [3.8, 4) is 5.75 Å². The van der Waals surface area contributed by atoms with Crippen LogP contribution in [0.15, 0.2) is 18.2 Å². The maximum atomic E-state index is 5.90. The molecule has 1 unspecified atom stereocenters. The van der Waals surface area contributed by atoms with E-state index in [0.29, 0.717) is 25.4 Å². The summed E-state index contributed by atoms with van der Waals surface area (Å²) < 4.78 is 16.6. The van der Waals surface area contributed by atoms with Gasteiger partial charge in [-0.2, -0.15) is 0 Å². The van der Waals surface area contributed by atoms with Crippen molar-refractivity contribution in [2.24, 2.45) is 0 Å². The Bertz CT molecular complexity index is 431. The van der Waals surface area contributed by atoms with Crippen LogP contribution in [0.1, 0.15) is 19.8 Å². The van der Waals surface area contributed by atoms with Crippen LogP contribution in [0.3, 0.4) is 0 Å². The minimum absolute atomic E-state index is 0.241. The van der Waals surface area contributed by atoms with E-state index in [4.69, 9.17) is 19.9 Å². The fourth-order valence-electron chi connectivity index (χ4n) is 2.25. The Morgan fingerprint density at radius 3 is 2.90 bits per heavy atom. The van der Waals surface area contributed by atoms with Crippen LogP contribution in [0.5, 0.6) is 5.75 Å². The van der Waals surface area contributed by atoms with Crippen molar-refractivity contribution in [2.75, 3.05) is 44.5 Å². The molecule has 112 valence electrons. The van der Waals surface area contributed by atoms with Gasteiger partial charge in [0.1, 0.15) is 11.4 Å². The number of ether oxygens (including phenoxy) is 3. The Balaban J connectivity index is 1.99. The molecular weight excluding hydrogens is 256 g/mol. The SMILES string of the molecule is CCCOc1cc(N)cc(NCC2(OC)CCOC2)c1. The van der Waals surface area contributed by atoms with Gasteiger partial charge in [0, 0.05) is 50.2 Å². The molecule has 0 radical (unpaired) electrons. The first-order valence-corrected chi connectivity index (χ1v) is 7.07. The first kappa shape index (κ1) is 14.9. The lowest BCUT2D eigenvalue weighted by Crippen LogP contribution is -2.39. The maximum Gasteiger partial charge on any atom is 0.123 e. The fourth-order valence-corrected chi connectivity index (χ4v) is 2.25. The van der Waals surface area contributed by atoms with E-state index < -0.39 is 0 Å². The molecule has 5 heteroatoms. The standard InChI is InChI=1S/C15H24N2O3/c1-3-5-20-14-8-12(16)7-13(9-14)17-10-15(18-2)4-6-19-11-15/h7-9,17H,3-6,10-11,16H2,1-2H3. The van der Waals surface area contributed by atoms with E-state index in [2.05, 4.69) is 12.2 Å². The molecule has 0 bridgehead atoms. The topological polar surface area (TPSA) is 65.7 Å². The van der Waals surface area contributed by atoms with E-state index in [1.165, 1.54) is 0 Å². The van der Waals surface area contributed by atoms with Crippen LogP contribution in [0, 0.1) is 0 Å². The van der Waals surface area contributed by atoms with Gasteiger partial charge in [0.15, 0.2) is 0 Å². The quantitative estimate of drug-likeness (QED) is 0.750. The molecule has 0 amide bonds. The van der Waals surface area contributed by atoms with Crippen molar-refractivity contribution in [1.29, 1.82) is 0 Å². The number of nitrogens with one attached hydrogen (secondary N) is 1. The summed E-state index contributed by atoms with van der Waals surface area (Å²) in [5.41, 5.74) is 7.30. The number of nitrogen functional groups attached to an aromatic ring is 1. The zero-order chi connectivity index (χ0) is 14.4. The molecular formula is C15H24N2O3. The van der Waals surface area contributed by atoms with Gasteiger partial charge < -0.3 is 25.3 Å². The average molecular weight is 280 g/mol.